The molecule has 0 aliphatic carbocycles. The van der Waals surface area contributed by atoms with Gasteiger partial charge in [-0.2, -0.15) is 0 Å². The summed E-state index contributed by atoms with van der Waals surface area (Å²) in [5.74, 6) is 0.403. The van der Waals surface area contributed by atoms with Crippen LogP contribution >= 0.6 is 0 Å². The van der Waals surface area contributed by atoms with Crippen LogP contribution in [0.5, 0.6) is 5.75 Å². The van der Waals surface area contributed by atoms with Crippen molar-refractivity contribution in [2.24, 2.45) is 0 Å². The topological polar surface area (TPSA) is 47.6 Å². The molecule has 0 aliphatic rings. The van der Waals surface area contributed by atoms with Crippen LogP contribution in [0.25, 0.3) is 0 Å². The van der Waals surface area contributed by atoms with Crippen molar-refractivity contribution in [2.45, 2.75) is 12.6 Å². The SMILES string of the molecule is COC(=O)/C=C/[C@@H](NCc1ccccc1)c1cccc(OC)c1. The van der Waals surface area contributed by atoms with Gasteiger partial charge in [0.1, 0.15) is 5.75 Å². The Labute approximate surface area is 136 Å². The van der Waals surface area contributed by atoms with Crippen molar-refractivity contribution in [2.75, 3.05) is 14.2 Å². The molecule has 120 valence electrons. The summed E-state index contributed by atoms with van der Waals surface area (Å²) in [6.07, 6.45) is 3.23. The Hall–Kier alpha value is -2.59. The van der Waals surface area contributed by atoms with E-state index >= 15 is 0 Å². The molecule has 0 saturated carbocycles. The van der Waals surface area contributed by atoms with Crippen LogP contribution in [0, 0.1) is 0 Å². The van der Waals surface area contributed by atoms with Crippen LogP contribution in [-0.4, -0.2) is 20.2 Å². The first-order valence-corrected chi connectivity index (χ1v) is 7.40. The van der Waals surface area contributed by atoms with Crippen molar-refractivity contribution in [3.05, 3.63) is 77.9 Å². The zero-order valence-electron chi connectivity index (χ0n) is 13.4. The molecular formula is C19H21NO3. The molecule has 0 aliphatic heterocycles. The summed E-state index contributed by atoms with van der Waals surface area (Å²) in [5, 5.41) is 3.43. The summed E-state index contributed by atoms with van der Waals surface area (Å²) in [6.45, 7) is 0.689. The monoisotopic (exact) mass is 311 g/mol. The molecule has 0 radical (unpaired) electrons. The van der Waals surface area contributed by atoms with Crippen molar-refractivity contribution in [3.63, 3.8) is 0 Å². The van der Waals surface area contributed by atoms with E-state index in [9.17, 15) is 4.79 Å². The minimum atomic E-state index is -0.376. The molecule has 23 heavy (non-hydrogen) atoms. The summed E-state index contributed by atoms with van der Waals surface area (Å²) in [6, 6.07) is 17.7. The molecule has 0 bridgehead atoms. The van der Waals surface area contributed by atoms with E-state index in [4.69, 9.17) is 4.74 Å². The van der Waals surface area contributed by atoms with Gasteiger partial charge in [0, 0.05) is 12.6 Å². The van der Waals surface area contributed by atoms with E-state index in [2.05, 4.69) is 22.2 Å². The molecule has 0 fully saturated rings. The predicted molar refractivity (Wildman–Crippen MR) is 90.2 cm³/mol. The standard InChI is InChI=1S/C19H21NO3/c1-22-17-10-6-9-16(13-17)18(11-12-19(21)23-2)20-14-15-7-4-3-5-8-15/h3-13,18,20H,14H2,1-2H3/b12-11+/t18-/m1/s1. The smallest absolute Gasteiger partial charge is 0.330 e. The van der Waals surface area contributed by atoms with Gasteiger partial charge in [0.2, 0.25) is 0 Å². The summed E-state index contributed by atoms with van der Waals surface area (Å²) in [7, 11) is 3.00. The Balaban J connectivity index is 2.16. The number of carbonyl (C=O) groups is 1. The fraction of sp³-hybridized carbons (Fsp3) is 0.211. The van der Waals surface area contributed by atoms with Gasteiger partial charge in [0.05, 0.1) is 20.3 Å². The minimum absolute atomic E-state index is 0.121. The number of carbonyl (C=O) groups excluding carboxylic acids is 1. The van der Waals surface area contributed by atoms with Crippen molar-refractivity contribution < 1.29 is 14.3 Å². The molecule has 2 rings (SSSR count). The van der Waals surface area contributed by atoms with Crippen molar-refractivity contribution in [1.82, 2.24) is 5.32 Å². The van der Waals surface area contributed by atoms with Crippen molar-refractivity contribution in [1.29, 1.82) is 0 Å². The Bertz CT molecular complexity index is 653. The average molecular weight is 311 g/mol. The molecule has 0 spiro atoms. The number of nitrogens with one attached hydrogen (secondary N) is 1. The van der Waals surface area contributed by atoms with Gasteiger partial charge in [-0.15, -0.1) is 0 Å². The van der Waals surface area contributed by atoms with Gasteiger partial charge < -0.3 is 14.8 Å². The molecule has 4 nitrogen and oxygen atoms in total. The highest BCUT2D eigenvalue weighted by molar-refractivity contribution is 5.81. The number of methoxy groups -OCH3 is 2. The normalized spacial score (nSPS) is 12.1. The zero-order valence-corrected chi connectivity index (χ0v) is 13.4. The third-order valence-corrected chi connectivity index (χ3v) is 3.45. The van der Waals surface area contributed by atoms with E-state index in [1.165, 1.54) is 18.7 Å². The number of esters is 1. The summed E-state index contributed by atoms with van der Waals surface area (Å²) in [4.78, 5) is 11.4. The third kappa shape index (κ3) is 5.27. The molecule has 1 atom stereocenters. The van der Waals surface area contributed by atoms with Gasteiger partial charge >= 0.3 is 5.97 Å². The molecule has 0 heterocycles. The number of rotatable bonds is 7. The highest BCUT2D eigenvalue weighted by atomic mass is 16.5. The van der Waals surface area contributed by atoms with E-state index in [0.717, 1.165) is 11.3 Å². The second kappa shape index (κ2) is 8.76. The maximum absolute atomic E-state index is 11.4. The summed E-state index contributed by atoms with van der Waals surface area (Å²) >= 11 is 0. The lowest BCUT2D eigenvalue weighted by atomic mass is 10.1. The first-order chi connectivity index (χ1) is 11.2. The van der Waals surface area contributed by atoms with Gasteiger partial charge in [0.25, 0.3) is 0 Å². The molecule has 0 unspecified atom stereocenters. The number of hydrogen-bond acceptors (Lipinski definition) is 4. The van der Waals surface area contributed by atoms with E-state index in [1.807, 2.05) is 42.5 Å². The summed E-state index contributed by atoms with van der Waals surface area (Å²) < 4.78 is 9.94. The third-order valence-electron chi connectivity index (χ3n) is 3.45. The predicted octanol–water partition coefficient (Wildman–Crippen LogP) is 3.26. The van der Waals surface area contributed by atoms with Gasteiger partial charge in [-0.1, -0.05) is 48.5 Å². The first kappa shape index (κ1) is 16.8. The van der Waals surface area contributed by atoms with Crippen LogP contribution in [0.15, 0.2) is 66.7 Å². The Morgan fingerprint density at radius 3 is 2.61 bits per heavy atom. The van der Waals surface area contributed by atoms with E-state index in [-0.39, 0.29) is 12.0 Å². The van der Waals surface area contributed by atoms with Crippen LogP contribution in [0.3, 0.4) is 0 Å². The second-order valence-electron chi connectivity index (χ2n) is 5.00. The van der Waals surface area contributed by atoms with E-state index in [0.29, 0.717) is 6.54 Å². The number of hydrogen-bond donors (Lipinski definition) is 1. The molecule has 1 N–H and O–H groups in total. The maximum atomic E-state index is 11.4. The minimum Gasteiger partial charge on any atom is -0.497 e. The summed E-state index contributed by atoms with van der Waals surface area (Å²) in [5.41, 5.74) is 2.19. The lowest BCUT2D eigenvalue weighted by Gasteiger charge is -2.16. The highest BCUT2D eigenvalue weighted by Gasteiger charge is 2.09. The molecule has 0 amide bonds. The lowest BCUT2D eigenvalue weighted by molar-refractivity contribution is -0.134. The zero-order chi connectivity index (χ0) is 16.5. The van der Waals surface area contributed by atoms with Gasteiger partial charge in [-0.25, -0.2) is 4.79 Å². The molecule has 2 aromatic rings. The maximum Gasteiger partial charge on any atom is 0.330 e. The Kier molecular flexibility index (Phi) is 6.39. The number of ether oxygens (including phenoxy) is 2. The fourth-order valence-corrected chi connectivity index (χ4v) is 2.20. The van der Waals surface area contributed by atoms with Crippen molar-refractivity contribution in [3.8, 4) is 5.75 Å². The molecule has 0 saturated heterocycles. The van der Waals surface area contributed by atoms with Gasteiger partial charge in [0.15, 0.2) is 0 Å². The van der Waals surface area contributed by atoms with Crippen molar-refractivity contribution >= 4 is 5.97 Å². The Morgan fingerprint density at radius 1 is 1.13 bits per heavy atom. The van der Waals surface area contributed by atoms with Gasteiger partial charge in [-0.3, -0.25) is 0 Å². The number of benzene rings is 2. The van der Waals surface area contributed by atoms with Gasteiger partial charge in [-0.05, 0) is 23.3 Å². The molecule has 4 heteroatoms. The quantitative estimate of drug-likeness (QED) is 0.630. The first-order valence-electron chi connectivity index (χ1n) is 7.40. The lowest BCUT2D eigenvalue weighted by Crippen LogP contribution is -2.19. The largest absolute Gasteiger partial charge is 0.497 e. The fourth-order valence-electron chi connectivity index (χ4n) is 2.20. The van der Waals surface area contributed by atoms with Crippen LogP contribution in [-0.2, 0) is 16.1 Å². The highest BCUT2D eigenvalue weighted by Crippen LogP contribution is 2.20. The van der Waals surface area contributed by atoms with Crippen LogP contribution in [0.4, 0.5) is 0 Å². The average Bonchev–Trinajstić information content (AvgIpc) is 2.62. The molecular weight excluding hydrogens is 290 g/mol. The molecule has 2 aromatic carbocycles. The van der Waals surface area contributed by atoms with E-state index in [1.54, 1.807) is 13.2 Å². The van der Waals surface area contributed by atoms with Crippen LogP contribution in [0.2, 0.25) is 0 Å². The van der Waals surface area contributed by atoms with Crippen LogP contribution < -0.4 is 10.1 Å². The van der Waals surface area contributed by atoms with Crippen LogP contribution in [0.1, 0.15) is 17.2 Å². The molecule has 0 aromatic heterocycles. The Morgan fingerprint density at radius 2 is 1.91 bits per heavy atom. The second-order valence-corrected chi connectivity index (χ2v) is 5.00. The van der Waals surface area contributed by atoms with E-state index < -0.39 is 0 Å².